The highest BCUT2D eigenvalue weighted by atomic mass is 16.6. The van der Waals surface area contributed by atoms with Crippen molar-refractivity contribution in [1.82, 2.24) is 10.2 Å². The standard InChI is InChI=1S/C15H18N2O7/c1-9(13(19)16-15(21)22-2)24-14(20)10-6-12(18)17(7-10)8-11-4-3-5-23-11/h3-5,9-10H,6-8H2,1-2H3,(H,16,19,21)/t9-,10-/m1/s1. The fraction of sp³-hybridized carbons (Fsp3) is 0.467. The third-order valence-electron chi connectivity index (χ3n) is 3.55. The van der Waals surface area contributed by atoms with E-state index in [1.165, 1.54) is 18.1 Å². The van der Waals surface area contributed by atoms with Gasteiger partial charge in [0.15, 0.2) is 6.10 Å². The van der Waals surface area contributed by atoms with Crippen molar-refractivity contribution in [3.63, 3.8) is 0 Å². The van der Waals surface area contributed by atoms with Gasteiger partial charge < -0.3 is 18.8 Å². The Morgan fingerprint density at radius 1 is 1.46 bits per heavy atom. The van der Waals surface area contributed by atoms with Crippen LogP contribution >= 0.6 is 0 Å². The Morgan fingerprint density at radius 3 is 2.83 bits per heavy atom. The van der Waals surface area contributed by atoms with Gasteiger partial charge in [-0.15, -0.1) is 0 Å². The number of imide groups is 1. The molecule has 24 heavy (non-hydrogen) atoms. The number of carbonyl (C=O) groups is 4. The summed E-state index contributed by atoms with van der Waals surface area (Å²) in [5, 5.41) is 1.91. The highest BCUT2D eigenvalue weighted by Crippen LogP contribution is 2.22. The van der Waals surface area contributed by atoms with Gasteiger partial charge in [-0.05, 0) is 19.1 Å². The second-order valence-corrected chi connectivity index (χ2v) is 5.31. The smallest absolute Gasteiger partial charge is 0.413 e. The molecule has 3 amide bonds. The van der Waals surface area contributed by atoms with Crippen molar-refractivity contribution in [2.75, 3.05) is 13.7 Å². The zero-order valence-electron chi connectivity index (χ0n) is 13.3. The van der Waals surface area contributed by atoms with E-state index in [2.05, 4.69) is 4.74 Å². The molecule has 130 valence electrons. The number of amides is 3. The highest BCUT2D eigenvalue weighted by Gasteiger charge is 2.37. The van der Waals surface area contributed by atoms with E-state index in [-0.39, 0.29) is 25.4 Å². The first-order valence-electron chi connectivity index (χ1n) is 7.30. The summed E-state index contributed by atoms with van der Waals surface area (Å²) in [6.07, 6.45) is -0.608. The number of nitrogens with one attached hydrogen (secondary N) is 1. The van der Waals surface area contributed by atoms with Gasteiger partial charge in [0, 0.05) is 13.0 Å². The maximum atomic E-state index is 12.1. The molecule has 1 fully saturated rings. The van der Waals surface area contributed by atoms with E-state index in [1.54, 1.807) is 12.1 Å². The van der Waals surface area contributed by atoms with Gasteiger partial charge in [-0.1, -0.05) is 0 Å². The molecule has 0 aromatic carbocycles. The van der Waals surface area contributed by atoms with Crippen LogP contribution in [0.15, 0.2) is 22.8 Å². The van der Waals surface area contributed by atoms with E-state index < -0.39 is 30.0 Å². The fourth-order valence-corrected chi connectivity index (χ4v) is 2.25. The number of likely N-dealkylation sites (tertiary alicyclic amines) is 1. The Morgan fingerprint density at radius 2 is 2.21 bits per heavy atom. The summed E-state index contributed by atoms with van der Waals surface area (Å²) in [6.45, 7) is 1.78. The Hall–Kier alpha value is -2.84. The summed E-state index contributed by atoms with van der Waals surface area (Å²) >= 11 is 0. The third kappa shape index (κ3) is 4.34. The summed E-state index contributed by atoms with van der Waals surface area (Å²) in [4.78, 5) is 48.1. The molecule has 1 aromatic heterocycles. The summed E-state index contributed by atoms with van der Waals surface area (Å²) in [7, 11) is 1.11. The minimum absolute atomic E-state index is 0.00484. The lowest BCUT2D eigenvalue weighted by molar-refractivity contribution is -0.158. The van der Waals surface area contributed by atoms with Gasteiger partial charge in [-0.25, -0.2) is 4.79 Å². The Labute approximate surface area is 137 Å². The average molecular weight is 338 g/mol. The number of esters is 1. The van der Waals surface area contributed by atoms with Gasteiger partial charge in [0.25, 0.3) is 5.91 Å². The van der Waals surface area contributed by atoms with Crippen molar-refractivity contribution in [1.29, 1.82) is 0 Å². The molecule has 1 aliphatic rings. The van der Waals surface area contributed by atoms with Crippen LogP contribution in [0.25, 0.3) is 0 Å². The van der Waals surface area contributed by atoms with E-state index in [1.807, 2.05) is 5.32 Å². The number of methoxy groups -OCH3 is 1. The molecule has 0 spiro atoms. The average Bonchev–Trinajstić information content (AvgIpc) is 3.17. The van der Waals surface area contributed by atoms with Crippen molar-refractivity contribution in [3.05, 3.63) is 24.2 Å². The number of furan rings is 1. The van der Waals surface area contributed by atoms with Crippen LogP contribution in [0.2, 0.25) is 0 Å². The predicted molar refractivity (Wildman–Crippen MR) is 78.3 cm³/mol. The van der Waals surface area contributed by atoms with Crippen molar-refractivity contribution >= 4 is 23.9 Å². The summed E-state index contributed by atoms with van der Waals surface area (Å²) in [5.41, 5.74) is 0. The van der Waals surface area contributed by atoms with Gasteiger partial charge >= 0.3 is 12.1 Å². The number of nitrogens with zero attached hydrogens (tertiary/aromatic N) is 1. The van der Waals surface area contributed by atoms with Crippen molar-refractivity contribution in [2.45, 2.75) is 26.0 Å². The molecular weight excluding hydrogens is 320 g/mol. The van der Waals surface area contributed by atoms with E-state index in [0.717, 1.165) is 7.11 Å². The van der Waals surface area contributed by atoms with Crippen LogP contribution in [0, 0.1) is 5.92 Å². The molecular formula is C15H18N2O7. The largest absolute Gasteiger partial charge is 0.467 e. The number of ether oxygens (including phenoxy) is 2. The lowest BCUT2D eigenvalue weighted by Gasteiger charge is -2.16. The van der Waals surface area contributed by atoms with E-state index >= 15 is 0 Å². The van der Waals surface area contributed by atoms with Gasteiger partial charge in [0.1, 0.15) is 5.76 Å². The summed E-state index contributed by atoms with van der Waals surface area (Å²) < 4.78 is 14.5. The molecule has 1 saturated heterocycles. The molecule has 0 saturated carbocycles. The van der Waals surface area contributed by atoms with Gasteiger partial charge in [-0.2, -0.15) is 0 Å². The Balaban J connectivity index is 1.85. The minimum Gasteiger partial charge on any atom is -0.467 e. The molecule has 0 unspecified atom stereocenters. The van der Waals surface area contributed by atoms with Gasteiger partial charge in [0.05, 0.1) is 25.8 Å². The first kappa shape index (κ1) is 17.5. The summed E-state index contributed by atoms with van der Waals surface area (Å²) in [5.74, 6) is -1.71. The number of alkyl carbamates (subject to hydrolysis) is 1. The number of rotatable bonds is 5. The lowest BCUT2D eigenvalue weighted by atomic mass is 10.1. The van der Waals surface area contributed by atoms with E-state index in [9.17, 15) is 19.2 Å². The number of hydrogen-bond donors (Lipinski definition) is 1. The van der Waals surface area contributed by atoms with Crippen LogP contribution < -0.4 is 5.32 Å². The minimum atomic E-state index is -1.18. The second-order valence-electron chi connectivity index (χ2n) is 5.31. The topological polar surface area (TPSA) is 115 Å². The first-order valence-corrected chi connectivity index (χ1v) is 7.30. The highest BCUT2D eigenvalue weighted by molar-refractivity contribution is 5.95. The second kappa shape index (κ2) is 7.62. The van der Waals surface area contributed by atoms with Gasteiger partial charge in [0.2, 0.25) is 5.91 Å². The molecule has 2 heterocycles. The van der Waals surface area contributed by atoms with E-state index in [0.29, 0.717) is 5.76 Å². The lowest BCUT2D eigenvalue weighted by Crippen LogP contribution is -2.40. The molecule has 1 aliphatic heterocycles. The van der Waals surface area contributed by atoms with Crippen LogP contribution in [0.3, 0.4) is 0 Å². The molecule has 0 aliphatic carbocycles. The first-order chi connectivity index (χ1) is 11.4. The summed E-state index contributed by atoms with van der Waals surface area (Å²) in [6, 6.07) is 3.45. The maximum absolute atomic E-state index is 12.1. The van der Waals surface area contributed by atoms with Crippen molar-refractivity contribution in [2.24, 2.45) is 5.92 Å². The molecule has 2 rings (SSSR count). The Bertz CT molecular complexity index is 626. The van der Waals surface area contributed by atoms with Crippen molar-refractivity contribution in [3.8, 4) is 0 Å². The zero-order chi connectivity index (χ0) is 17.7. The van der Waals surface area contributed by atoms with Crippen LogP contribution in [0.5, 0.6) is 0 Å². The Kier molecular flexibility index (Phi) is 5.56. The SMILES string of the molecule is COC(=O)NC(=O)[C@@H](C)OC(=O)[C@@H]1CC(=O)N(Cc2ccco2)C1. The van der Waals surface area contributed by atoms with Crippen LogP contribution in [-0.4, -0.2) is 48.5 Å². The molecule has 1 aromatic rings. The molecule has 1 N–H and O–H groups in total. The van der Waals surface area contributed by atoms with Crippen LogP contribution in [0.4, 0.5) is 4.79 Å². The van der Waals surface area contributed by atoms with Crippen LogP contribution in [-0.2, 0) is 30.4 Å². The monoisotopic (exact) mass is 338 g/mol. The molecule has 9 nitrogen and oxygen atoms in total. The zero-order valence-corrected chi connectivity index (χ0v) is 13.3. The molecule has 0 radical (unpaired) electrons. The van der Waals surface area contributed by atoms with Crippen LogP contribution in [0.1, 0.15) is 19.1 Å². The van der Waals surface area contributed by atoms with E-state index in [4.69, 9.17) is 9.15 Å². The van der Waals surface area contributed by atoms with Crippen molar-refractivity contribution < 1.29 is 33.1 Å². The number of carbonyl (C=O) groups excluding carboxylic acids is 4. The normalized spacial score (nSPS) is 18.2. The van der Waals surface area contributed by atoms with Gasteiger partial charge in [-0.3, -0.25) is 19.7 Å². The molecule has 0 bridgehead atoms. The molecule has 9 heteroatoms. The number of hydrogen-bond acceptors (Lipinski definition) is 7. The third-order valence-corrected chi connectivity index (χ3v) is 3.55. The maximum Gasteiger partial charge on any atom is 0.413 e. The quantitative estimate of drug-likeness (QED) is 0.775. The fourth-order valence-electron chi connectivity index (χ4n) is 2.25. The predicted octanol–water partition coefficient (Wildman–Crippen LogP) is 0.442. The molecule has 2 atom stereocenters.